The van der Waals surface area contributed by atoms with Gasteiger partial charge in [-0.1, -0.05) is 0 Å². The predicted molar refractivity (Wildman–Crippen MR) is 50.4 cm³/mol. The summed E-state index contributed by atoms with van der Waals surface area (Å²) in [5.41, 5.74) is 0. The standard InChI is InChI=1S/C10H12N2O2/c13-9(11-5-6-11)3-1-2-4-10(14)12-7-8-12/h5-8H,1-4H2. The van der Waals surface area contributed by atoms with Gasteiger partial charge in [-0.2, -0.15) is 0 Å². The molecule has 0 N–H and O–H groups in total. The first-order chi connectivity index (χ1) is 6.77. The highest BCUT2D eigenvalue weighted by molar-refractivity contribution is 5.82. The van der Waals surface area contributed by atoms with Crippen LogP contribution in [0.15, 0.2) is 24.8 Å². The molecule has 0 saturated carbocycles. The van der Waals surface area contributed by atoms with Crippen molar-refractivity contribution in [2.45, 2.75) is 25.7 Å². The summed E-state index contributed by atoms with van der Waals surface area (Å²) >= 11 is 0. The fourth-order valence-electron chi connectivity index (χ4n) is 1.21. The number of carbonyl (C=O) groups excluding carboxylic acids is 2. The summed E-state index contributed by atoms with van der Waals surface area (Å²) < 4.78 is 0. The van der Waals surface area contributed by atoms with E-state index in [2.05, 4.69) is 0 Å². The van der Waals surface area contributed by atoms with Gasteiger partial charge in [0, 0.05) is 37.6 Å². The maximum Gasteiger partial charge on any atom is 0.230 e. The van der Waals surface area contributed by atoms with E-state index >= 15 is 0 Å². The van der Waals surface area contributed by atoms with Crippen LogP contribution >= 0.6 is 0 Å². The normalized spacial score (nSPS) is 16.0. The van der Waals surface area contributed by atoms with Gasteiger partial charge in [0.1, 0.15) is 0 Å². The Balaban J connectivity index is 1.50. The Labute approximate surface area is 82.5 Å². The van der Waals surface area contributed by atoms with E-state index in [0.29, 0.717) is 12.8 Å². The first-order valence-electron chi connectivity index (χ1n) is 4.76. The molecular weight excluding hydrogens is 180 g/mol. The molecule has 74 valence electrons. The molecule has 0 aromatic rings. The molecular formula is C10H12N2O2. The Morgan fingerprint density at radius 3 is 1.43 bits per heavy atom. The van der Waals surface area contributed by atoms with Crippen LogP contribution in [-0.4, -0.2) is 21.6 Å². The highest BCUT2D eigenvalue weighted by Gasteiger charge is 2.17. The number of amides is 2. The van der Waals surface area contributed by atoms with Crippen molar-refractivity contribution in [3.05, 3.63) is 24.8 Å². The smallest absolute Gasteiger partial charge is 0.230 e. The lowest BCUT2D eigenvalue weighted by Gasteiger charge is -2.02. The van der Waals surface area contributed by atoms with E-state index in [-0.39, 0.29) is 11.8 Å². The predicted octanol–water partition coefficient (Wildman–Crippen LogP) is 1.17. The zero-order chi connectivity index (χ0) is 9.97. The first-order valence-corrected chi connectivity index (χ1v) is 4.76. The summed E-state index contributed by atoms with van der Waals surface area (Å²) in [7, 11) is 0. The van der Waals surface area contributed by atoms with Gasteiger partial charge in [-0.3, -0.25) is 19.4 Å². The van der Waals surface area contributed by atoms with E-state index in [0.717, 1.165) is 12.8 Å². The topological polar surface area (TPSA) is 40.2 Å². The molecule has 0 aromatic carbocycles. The van der Waals surface area contributed by atoms with Crippen LogP contribution in [0.5, 0.6) is 0 Å². The fourth-order valence-corrected chi connectivity index (χ4v) is 1.21. The molecule has 0 saturated heterocycles. The third-order valence-electron chi connectivity index (χ3n) is 2.20. The third kappa shape index (κ3) is 2.45. The van der Waals surface area contributed by atoms with Crippen molar-refractivity contribution in [2.75, 3.05) is 0 Å². The van der Waals surface area contributed by atoms with Crippen LogP contribution in [0.4, 0.5) is 0 Å². The molecule has 0 unspecified atom stereocenters. The zero-order valence-corrected chi connectivity index (χ0v) is 7.85. The van der Waals surface area contributed by atoms with Crippen LogP contribution in [0.25, 0.3) is 0 Å². The number of hydrogen-bond acceptors (Lipinski definition) is 2. The molecule has 0 bridgehead atoms. The summed E-state index contributed by atoms with van der Waals surface area (Å²) in [4.78, 5) is 25.5. The Morgan fingerprint density at radius 2 is 1.14 bits per heavy atom. The monoisotopic (exact) mass is 192 g/mol. The van der Waals surface area contributed by atoms with Gasteiger partial charge >= 0.3 is 0 Å². The summed E-state index contributed by atoms with van der Waals surface area (Å²) in [6, 6.07) is 0. The molecule has 4 heteroatoms. The molecule has 2 amide bonds. The zero-order valence-electron chi connectivity index (χ0n) is 7.85. The lowest BCUT2D eigenvalue weighted by atomic mass is 10.2. The summed E-state index contributed by atoms with van der Waals surface area (Å²) in [5, 5.41) is 0. The van der Waals surface area contributed by atoms with Gasteiger partial charge in [0.05, 0.1) is 0 Å². The molecule has 14 heavy (non-hydrogen) atoms. The van der Waals surface area contributed by atoms with Crippen molar-refractivity contribution in [2.24, 2.45) is 0 Å². The Bertz CT molecular complexity index is 276. The van der Waals surface area contributed by atoms with Crippen molar-refractivity contribution in [3.8, 4) is 0 Å². The minimum Gasteiger partial charge on any atom is -0.292 e. The number of nitrogens with zero attached hydrogens (tertiary/aromatic N) is 2. The van der Waals surface area contributed by atoms with E-state index in [4.69, 9.17) is 0 Å². The molecule has 2 heterocycles. The SMILES string of the molecule is O=C(CCCCC(=O)N1C=C1)N1C=C1. The molecule has 0 fully saturated rings. The van der Waals surface area contributed by atoms with Crippen molar-refractivity contribution in [1.82, 2.24) is 9.80 Å². The van der Waals surface area contributed by atoms with E-state index in [1.807, 2.05) is 0 Å². The van der Waals surface area contributed by atoms with E-state index < -0.39 is 0 Å². The molecule has 0 spiro atoms. The molecule has 2 aliphatic heterocycles. The molecule has 0 radical (unpaired) electrons. The second-order valence-corrected chi connectivity index (χ2v) is 3.41. The van der Waals surface area contributed by atoms with Crippen molar-refractivity contribution in [1.29, 1.82) is 0 Å². The Hall–Kier alpha value is -1.58. The van der Waals surface area contributed by atoms with Crippen LogP contribution in [0.3, 0.4) is 0 Å². The molecule has 0 aromatic heterocycles. The Kier molecular flexibility index (Phi) is 2.35. The minimum atomic E-state index is 0.127. The number of carbonyl (C=O) groups is 2. The third-order valence-corrected chi connectivity index (χ3v) is 2.20. The second kappa shape index (κ2) is 3.65. The van der Waals surface area contributed by atoms with Crippen molar-refractivity contribution < 1.29 is 9.59 Å². The van der Waals surface area contributed by atoms with E-state index in [9.17, 15) is 9.59 Å². The Morgan fingerprint density at radius 1 is 0.786 bits per heavy atom. The summed E-state index contributed by atoms with van der Waals surface area (Å²) in [5.74, 6) is 0.254. The van der Waals surface area contributed by atoms with Gasteiger partial charge in [-0.25, -0.2) is 0 Å². The minimum absolute atomic E-state index is 0.127. The molecule has 0 atom stereocenters. The van der Waals surface area contributed by atoms with Gasteiger partial charge in [0.2, 0.25) is 11.8 Å². The largest absolute Gasteiger partial charge is 0.292 e. The summed E-state index contributed by atoms with van der Waals surface area (Å²) in [6.07, 6.45) is 9.62. The molecule has 2 aliphatic rings. The first kappa shape index (κ1) is 8.99. The summed E-state index contributed by atoms with van der Waals surface area (Å²) in [6.45, 7) is 0. The average molecular weight is 192 g/mol. The second-order valence-electron chi connectivity index (χ2n) is 3.41. The lowest BCUT2D eigenvalue weighted by Crippen LogP contribution is -2.11. The van der Waals surface area contributed by atoms with Crippen LogP contribution in [-0.2, 0) is 9.59 Å². The number of rotatable bonds is 5. The van der Waals surface area contributed by atoms with E-state index in [1.165, 1.54) is 0 Å². The molecule has 2 rings (SSSR count). The van der Waals surface area contributed by atoms with Gasteiger partial charge in [-0.05, 0) is 12.8 Å². The molecule has 0 aliphatic carbocycles. The quantitative estimate of drug-likeness (QED) is 0.613. The molecule has 4 nitrogen and oxygen atoms in total. The van der Waals surface area contributed by atoms with E-state index in [1.54, 1.807) is 34.6 Å². The van der Waals surface area contributed by atoms with Crippen LogP contribution in [0.1, 0.15) is 25.7 Å². The van der Waals surface area contributed by atoms with Crippen LogP contribution in [0.2, 0.25) is 0 Å². The fraction of sp³-hybridized carbons (Fsp3) is 0.400. The van der Waals surface area contributed by atoms with Crippen molar-refractivity contribution in [3.63, 3.8) is 0 Å². The highest BCUT2D eigenvalue weighted by atomic mass is 16.2. The lowest BCUT2D eigenvalue weighted by molar-refractivity contribution is -0.126. The number of unbranched alkanes of at least 4 members (excludes halogenated alkanes) is 1. The van der Waals surface area contributed by atoms with Crippen LogP contribution < -0.4 is 0 Å². The van der Waals surface area contributed by atoms with Gasteiger partial charge < -0.3 is 0 Å². The van der Waals surface area contributed by atoms with Crippen LogP contribution in [0, 0.1) is 0 Å². The average Bonchev–Trinajstić information content (AvgIpc) is 3.06. The maximum atomic E-state index is 11.2. The highest BCUT2D eigenvalue weighted by Crippen LogP contribution is 2.14. The number of hydrogen-bond donors (Lipinski definition) is 0. The maximum absolute atomic E-state index is 11.2. The van der Waals surface area contributed by atoms with Crippen molar-refractivity contribution >= 4 is 11.8 Å². The van der Waals surface area contributed by atoms with Gasteiger partial charge in [0.25, 0.3) is 0 Å². The van der Waals surface area contributed by atoms with Gasteiger partial charge in [0.15, 0.2) is 0 Å². The van der Waals surface area contributed by atoms with Gasteiger partial charge in [-0.15, -0.1) is 0 Å².